The van der Waals surface area contributed by atoms with Crippen LogP contribution in [0.5, 0.6) is 0 Å². The van der Waals surface area contributed by atoms with Crippen molar-refractivity contribution in [2.75, 3.05) is 32.7 Å². The minimum atomic E-state index is -0.156. The van der Waals surface area contributed by atoms with Gasteiger partial charge in [-0.1, -0.05) is 11.6 Å². The van der Waals surface area contributed by atoms with Crippen LogP contribution in [0, 0.1) is 6.92 Å². The predicted octanol–water partition coefficient (Wildman–Crippen LogP) is 0.655. The molecular formula is C23H35N3O+2. The lowest BCUT2D eigenvalue weighted by Crippen LogP contribution is -3.18. The topological polar surface area (TPSA) is 34.0 Å². The lowest BCUT2D eigenvalue weighted by atomic mass is 9.89. The second kappa shape index (κ2) is 7.23. The van der Waals surface area contributed by atoms with Gasteiger partial charge in [-0.3, -0.25) is 0 Å². The molecule has 5 rings (SSSR count). The summed E-state index contributed by atoms with van der Waals surface area (Å²) >= 11 is 0. The average Bonchev–Trinajstić information content (AvgIpc) is 2.99. The number of hydrogen-bond acceptors (Lipinski definition) is 1. The zero-order valence-electron chi connectivity index (χ0n) is 16.8. The van der Waals surface area contributed by atoms with E-state index in [0.29, 0.717) is 6.04 Å². The quantitative estimate of drug-likeness (QED) is 0.727. The van der Waals surface area contributed by atoms with E-state index in [-0.39, 0.29) is 6.10 Å². The standard InChI is InChI=1S/C23H33N3O/c1-17-8-9-21-20(14-17)19-6-5-7-22-23(19)26(21)13-12-25(22)16-18(27)15-24-10-3-2-4-11-24/h8-9,14,18,22,27H,2-7,10-13,15-16H2,1H3/p+2. The number of aromatic nitrogens is 1. The summed E-state index contributed by atoms with van der Waals surface area (Å²) in [4.78, 5) is 3.26. The van der Waals surface area contributed by atoms with E-state index < -0.39 is 0 Å². The largest absolute Gasteiger partial charge is 0.382 e. The molecule has 146 valence electrons. The first-order valence-electron chi connectivity index (χ1n) is 11.2. The summed E-state index contributed by atoms with van der Waals surface area (Å²) in [7, 11) is 0. The van der Waals surface area contributed by atoms with Gasteiger partial charge >= 0.3 is 0 Å². The van der Waals surface area contributed by atoms with Gasteiger partial charge in [-0.2, -0.15) is 0 Å². The third-order valence-corrected chi connectivity index (χ3v) is 7.35. The number of aliphatic hydroxyl groups is 1. The summed E-state index contributed by atoms with van der Waals surface area (Å²) in [5.41, 5.74) is 6.02. The van der Waals surface area contributed by atoms with Crippen molar-refractivity contribution in [1.82, 2.24) is 4.57 Å². The van der Waals surface area contributed by atoms with Crippen LogP contribution >= 0.6 is 0 Å². The maximum absolute atomic E-state index is 10.8. The number of hydrogen-bond donors (Lipinski definition) is 3. The highest BCUT2D eigenvalue weighted by Gasteiger charge is 2.38. The first-order valence-corrected chi connectivity index (χ1v) is 11.2. The monoisotopic (exact) mass is 369 g/mol. The summed E-state index contributed by atoms with van der Waals surface area (Å²) in [5.74, 6) is 0. The molecule has 1 aliphatic carbocycles. The van der Waals surface area contributed by atoms with Crippen molar-refractivity contribution in [3.63, 3.8) is 0 Å². The zero-order chi connectivity index (χ0) is 18.4. The van der Waals surface area contributed by atoms with E-state index in [4.69, 9.17) is 0 Å². The molecule has 1 aromatic heterocycles. The highest BCUT2D eigenvalue weighted by atomic mass is 16.3. The summed E-state index contributed by atoms with van der Waals surface area (Å²) in [6, 6.07) is 7.57. The van der Waals surface area contributed by atoms with Gasteiger partial charge < -0.3 is 19.5 Å². The third kappa shape index (κ3) is 3.22. The first kappa shape index (κ1) is 17.7. The molecule has 1 saturated heterocycles. The SMILES string of the molecule is Cc1ccc2c(c1)c1c3n2CC[NH+](CC(O)C[NH+]2CCCCC2)C3CCC1. The van der Waals surface area contributed by atoms with Crippen LogP contribution in [0.2, 0.25) is 0 Å². The molecule has 3 atom stereocenters. The number of benzene rings is 1. The number of nitrogens with zero attached hydrogens (tertiary/aromatic N) is 1. The van der Waals surface area contributed by atoms with Crippen LogP contribution in [0.4, 0.5) is 0 Å². The van der Waals surface area contributed by atoms with E-state index in [1.807, 2.05) is 0 Å². The van der Waals surface area contributed by atoms with Gasteiger partial charge in [0, 0.05) is 17.3 Å². The fourth-order valence-electron chi connectivity index (χ4n) is 6.11. The molecule has 3 heterocycles. The van der Waals surface area contributed by atoms with Crippen LogP contribution in [0.15, 0.2) is 18.2 Å². The maximum Gasteiger partial charge on any atom is 0.152 e. The molecule has 3 N–H and O–H groups in total. The van der Waals surface area contributed by atoms with E-state index in [1.165, 1.54) is 68.1 Å². The maximum atomic E-state index is 10.8. The molecule has 1 fully saturated rings. The molecule has 2 aliphatic heterocycles. The predicted molar refractivity (Wildman–Crippen MR) is 108 cm³/mol. The molecule has 0 radical (unpaired) electrons. The van der Waals surface area contributed by atoms with Gasteiger partial charge in [-0.25, -0.2) is 0 Å². The van der Waals surface area contributed by atoms with Gasteiger partial charge in [0.1, 0.15) is 19.1 Å². The molecule has 3 aliphatic rings. The van der Waals surface area contributed by atoms with Crippen molar-refractivity contribution in [3.05, 3.63) is 35.0 Å². The third-order valence-electron chi connectivity index (χ3n) is 7.35. The van der Waals surface area contributed by atoms with Crippen LogP contribution < -0.4 is 9.80 Å². The van der Waals surface area contributed by atoms with E-state index in [0.717, 1.165) is 26.2 Å². The molecule has 2 aromatic rings. The van der Waals surface area contributed by atoms with Crippen LogP contribution in [0.25, 0.3) is 10.9 Å². The van der Waals surface area contributed by atoms with Crippen molar-refractivity contribution in [2.45, 2.75) is 64.1 Å². The van der Waals surface area contributed by atoms with Gasteiger partial charge in [0.05, 0.1) is 31.9 Å². The number of quaternary nitrogens is 2. The smallest absolute Gasteiger partial charge is 0.152 e. The van der Waals surface area contributed by atoms with Crippen LogP contribution in [-0.4, -0.2) is 48.5 Å². The normalized spacial score (nSPS) is 26.9. The Balaban J connectivity index is 1.38. The Morgan fingerprint density at radius 1 is 1.11 bits per heavy atom. The minimum Gasteiger partial charge on any atom is -0.382 e. The second-order valence-corrected chi connectivity index (χ2v) is 9.26. The molecular weight excluding hydrogens is 334 g/mol. The van der Waals surface area contributed by atoms with Crippen molar-refractivity contribution in [3.8, 4) is 0 Å². The second-order valence-electron chi connectivity index (χ2n) is 9.26. The van der Waals surface area contributed by atoms with Crippen molar-refractivity contribution >= 4 is 10.9 Å². The molecule has 0 saturated carbocycles. The van der Waals surface area contributed by atoms with Crippen LogP contribution in [0.1, 0.15) is 55.0 Å². The lowest BCUT2D eigenvalue weighted by molar-refractivity contribution is -0.950. The number of nitrogens with one attached hydrogen (secondary N) is 2. The van der Waals surface area contributed by atoms with Gasteiger partial charge in [-0.15, -0.1) is 0 Å². The first-order chi connectivity index (χ1) is 13.2. The molecule has 4 nitrogen and oxygen atoms in total. The number of aryl methyl sites for hydroxylation is 2. The Bertz CT molecular complexity index is 821. The Morgan fingerprint density at radius 3 is 2.81 bits per heavy atom. The van der Waals surface area contributed by atoms with E-state index >= 15 is 0 Å². The molecule has 0 bridgehead atoms. The molecule has 3 unspecified atom stereocenters. The van der Waals surface area contributed by atoms with Crippen molar-refractivity contribution in [2.24, 2.45) is 0 Å². The highest BCUT2D eigenvalue weighted by Crippen LogP contribution is 2.37. The highest BCUT2D eigenvalue weighted by molar-refractivity contribution is 5.86. The Morgan fingerprint density at radius 2 is 1.96 bits per heavy atom. The van der Waals surface area contributed by atoms with Crippen LogP contribution in [0.3, 0.4) is 0 Å². The van der Waals surface area contributed by atoms with Crippen molar-refractivity contribution < 1.29 is 14.9 Å². The Kier molecular flexibility index (Phi) is 4.75. The summed E-state index contributed by atoms with van der Waals surface area (Å²) in [6.07, 6.45) is 7.70. The van der Waals surface area contributed by atoms with Crippen molar-refractivity contribution in [1.29, 1.82) is 0 Å². The minimum absolute atomic E-state index is 0.156. The summed E-state index contributed by atoms with van der Waals surface area (Å²) in [5, 5.41) is 12.3. The Hall–Kier alpha value is -1.36. The molecule has 0 spiro atoms. The molecule has 0 amide bonds. The Labute approximate surface area is 162 Å². The number of likely N-dealkylation sites (tertiary alicyclic amines) is 1. The lowest BCUT2D eigenvalue weighted by Gasteiger charge is -2.38. The fraction of sp³-hybridized carbons (Fsp3) is 0.652. The summed E-state index contributed by atoms with van der Waals surface area (Å²) < 4.78 is 2.61. The van der Waals surface area contributed by atoms with Gasteiger partial charge in [-0.05, 0) is 56.7 Å². The van der Waals surface area contributed by atoms with Crippen LogP contribution in [-0.2, 0) is 13.0 Å². The zero-order valence-corrected chi connectivity index (χ0v) is 16.8. The number of piperidine rings is 1. The van der Waals surface area contributed by atoms with Gasteiger partial charge in [0.25, 0.3) is 0 Å². The van der Waals surface area contributed by atoms with Gasteiger partial charge in [0.15, 0.2) is 6.10 Å². The number of rotatable bonds is 4. The van der Waals surface area contributed by atoms with E-state index in [1.54, 1.807) is 21.1 Å². The number of aliphatic hydroxyl groups excluding tert-OH is 1. The van der Waals surface area contributed by atoms with E-state index in [9.17, 15) is 5.11 Å². The molecule has 4 heteroatoms. The number of fused-ring (bicyclic) bond motifs is 3. The molecule has 1 aromatic carbocycles. The summed E-state index contributed by atoms with van der Waals surface area (Å²) in [6.45, 7) is 8.85. The van der Waals surface area contributed by atoms with E-state index in [2.05, 4.69) is 29.7 Å². The fourth-order valence-corrected chi connectivity index (χ4v) is 6.11. The van der Waals surface area contributed by atoms with Gasteiger partial charge in [0.2, 0.25) is 0 Å². The average molecular weight is 370 g/mol. The molecule has 27 heavy (non-hydrogen) atoms.